The van der Waals surface area contributed by atoms with Gasteiger partial charge in [-0.1, -0.05) is 44.2 Å². The number of aliphatic hydroxyl groups excluding tert-OH is 1. The zero-order valence-electron chi connectivity index (χ0n) is 19.0. The molecule has 0 bridgehead atoms. The van der Waals surface area contributed by atoms with E-state index in [1.165, 1.54) is 12.6 Å². The van der Waals surface area contributed by atoms with Gasteiger partial charge in [-0.15, -0.1) is 0 Å². The van der Waals surface area contributed by atoms with Gasteiger partial charge >= 0.3 is 6.09 Å². The molecular weight excluding hydrogens is 508 g/mol. The van der Waals surface area contributed by atoms with E-state index in [1.807, 2.05) is 12.1 Å². The van der Waals surface area contributed by atoms with Crippen LogP contribution in [0.4, 0.5) is 4.79 Å². The lowest BCUT2D eigenvalue weighted by molar-refractivity contribution is 0.0781. The van der Waals surface area contributed by atoms with Crippen molar-refractivity contribution in [2.75, 3.05) is 18.6 Å². The van der Waals surface area contributed by atoms with Crippen LogP contribution in [0, 0.1) is 5.92 Å². The van der Waals surface area contributed by atoms with Crippen LogP contribution in [0.3, 0.4) is 0 Å². The molecule has 1 amide bonds. The molecule has 1 aliphatic heterocycles. The molecule has 1 fully saturated rings. The van der Waals surface area contributed by atoms with Gasteiger partial charge in [-0.05, 0) is 57.1 Å². The molecule has 3 N–H and O–H groups in total. The predicted molar refractivity (Wildman–Crippen MR) is 132 cm³/mol. The highest BCUT2D eigenvalue weighted by Gasteiger charge is 2.39. The second kappa shape index (κ2) is 11.0. The molecule has 1 heterocycles. The molecular formula is C24H31BrN2O5S. The molecule has 9 heteroatoms. The third-order valence-corrected chi connectivity index (χ3v) is 8.31. The Morgan fingerprint density at radius 3 is 2.61 bits per heavy atom. The Labute approximate surface area is 204 Å². The number of benzene rings is 2. The highest BCUT2D eigenvalue weighted by atomic mass is 79.9. The van der Waals surface area contributed by atoms with Crippen LogP contribution in [0.15, 0.2) is 46.9 Å². The molecule has 0 spiro atoms. The predicted octanol–water partition coefficient (Wildman–Crippen LogP) is 3.40. The van der Waals surface area contributed by atoms with E-state index in [4.69, 9.17) is 4.74 Å². The monoisotopic (exact) mass is 538 g/mol. The summed E-state index contributed by atoms with van der Waals surface area (Å²) < 4.78 is 31.0. The summed E-state index contributed by atoms with van der Waals surface area (Å²) in [5, 5.41) is 16.7. The van der Waals surface area contributed by atoms with E-state index in [-0.39, 0.29) is 11.5 Å². The summed E-state index contributed by atoms with van der Waals surface area (Å²) in [6.45, 7) is 4.75. The van der Waals surface area contributed by atoms with E-state index in [0.29, 0.717) is 29.1 Å². The van der Waals surface area contributed by atoms with Gasteiger partial charge in [0.05, 0.1) is 22.1 Å². The van der Waals surface area contributed by atoms with Gasteiger partial charge in [0.2, 0.25) is 0 Å². The molecule has 3 atom stereocenters. The van der Waals surface area contributed by atoms with Gasteiger partial charge in [-0.3, -0.25) is 0 Å². The van der Waals surface area contributed by atoms with Crippen molar-refractivity contribution in [1.82, 2.24) is 10.6 Å². The number of rotatable bonds is 7. The minimum absolute atomic E-state index is 0.0662. The first-order chi connectivity index (χ1) is 15.6. The van der Waals surface area contributed by atoms with Crippen LogP contribution in [0.5, 0.6) is 5.75 Å². The Balaban J connectivity index is 1.70. The van der Waals surface area contributed by atoms with Crippen LogP contribution in [-0.4, -0.2) is 50.3 Å². The van der Waals surface area contributed by atoms with Gasteiger partial charge in [0.15, 0.2) is 9.84 Å². The number of aliphatic hydroxyl groups is 1. The molecule has 0 radical (unpaired) electrons. The average molecular weight is 539 g/mol. The van der Waals surface area contributed by atoms with Gasteiger partial charge in [0.1, 0.15) is 5.75 Å². The Bertz CT molecular complexity index is 1090. The molecule has 3 rings (SSSR count). The van der Waals surface area contributed by atoms with Crippen molar-refractivity contribution in [1.29, 1.82) is 0 Å². The number of amides is 1. The SMILES string of the molecule is CNC(=O)Oc1ccc(C[C@@H]2CS(=O)(=O)C[C@H](NCc3cccc(C(C)C)c3)[C@H]2O)cc1Br. The van der Waals surface area contributed by atoms with E-state index in [0.717, 1.165) is 11.1 Å². The number of nitrogens with one attached hydrogen (secondary N) is 2. The molecule has 0 saturated carbocycles. The summed E-state index contributed by atoms with van der Waals surface area (Å²) in [4.78, 5) is 11.4. The van der Waals surface area contributed by atoms with Gasteiger partial charge in [-0.25, -0.2) is 13.2 Å². The van der Waals surface area contributed by atoms with Crippen molar-refractivity contribution in [2.45, 2.75) is 44.9 Å². The molecule has 0 aliphatic carbocycles. The van der Waals surface area contributed by atoms with Crippen LogP contribution in [0.25, 0.3) is 0 Å². The topological polar surface area (TPSA) is 105 Å². The van der Waals surface area contributed by atoms with Crippen LogP contribution in [0.1, 0.15) is 36.5 Å². The highest BCUT2D eigenvalue weighted by molar-refractivity contribution is 9.10. The maximum absolute atomic E-state index is 12.6. The molecule has 180 valence electrons. The van der Waals surface area contributed by atoms with Crippen molar-refractivity contribution >= 4 is 31.9 Å². The number of halogens is 1. The third-order valence-electron chi connectivity index (χ3n) is 5.88. The van der Waals surface area contributed by atoms with E-state index in [2.05, 4.69) is 52.5 Å². The van der Waals surface area contributed by atoms with Crippen molar-refractivity contribution < 1.29 is 23.1 Å². The molecule has 0 unspecified atom stereocenters. The largest absolute Gasteiger partial charge is 0.412 e. The number of carbonyl (C=O) groups excluding carboxylic acids is 1. The zero-order chi connectivity index (χ0) is 24.2. The van der Waals surface area contributed by atoms with Crippen LogP contribution in [-0.2, 0) is 22.8 Å². The Hall–Kier alpha value is -1.94. The summed E-state index contributed by atoms with van der Waals surface area (Å²) in [5.74, 6) is 0.168. The van der Waals surface area contributed by atoms with Crippen molar-refractivity contribution in [3.63, 3.8) is 0 Å². The molecule has 1 aliphatic rings. The second-order valence-electron chi connectivity index (χ2n) is 8.82. The summed E-state index contributed by atoms with van der Waals surface area (Å²) in [5.41, 5.74) is 3.12. The standard InChI is InChI=1S/C24H31BrN2O5S/c1-15(2)18-6-4-5-17(10-18)12-27-21-14-33(30,31)13-19(23(21)28)9-16-7-8-22(20(25)11-16)32-24(29)26-3/h4-8,10-11,15,19,21,23,27-28H,9,12-14H2,1-3H3,(H,26,29)/t19-,21+,23+/m1/s1. The van der Waals surface area contributed by atoms with Crippen molar-refractivity contribution in [3.8, 4) is 5.75 Å². The quantitative estimate of drug-likeness (QED) is 0.499. The van der Waals surface area contributed by atoms with Crippen LogP contribution >= 0.6 is 15.9 Å². The molecule has 2 aromatic carbocycles. The molecule has 2 aromatic rings. The first-order valence-electron chi connectivity index (χ1n) is 11.0. The smallest absolute Gasteiger partial charge is 0.409 e. The van der Waals surface area contributed by atoms with Gasteiger partial charge in [-0.2, -0.15) is 0 Å². The Morgan fingerprint density at radius 1 is 1.18 bits per heavy atom. The number of carbonyl (C=O) groups is 1. The summed E-state index contributed by atoms with van der Waals surface area (Å²) in [6.07, 6.45) is -0.993. The minimum atomic E-state index is -3.31. The lowest BCUT2D eigenvalue weighted by atomic mass is 9.91. The van der Waals surface area contributed by atoms with Crippen LogP contribution in [0.2, 0.25) is 0 Å². The maximum atomic E-state index is 12.6. The second-order valence-corrected chi connectivity index (χ2v) is 11.8. The molecule has 0 aromatic heterocycles. The number of hydrogen-bond acceptors (Lipinski definition) is 6. The fourth-order valence-electron chi connectivity index (χ4n) is 4.07. The number of ether oxygens (including phenoxy) is 1. The fourth-order valence-corrected chi connectivity index (χ4v) is 6.54. The average Bonchev–Trinajstić information content (AvgIpc) is 2.76. The summed E-state index contributed by atoms with van der Waals surface area (Å²) in [6, 6.07) is 12.8. The van der Waals surface area contributed by atoms with Gasteiger partial charge in [0, 0.05) is 25.6 Å². The first kappa shape index (κ1) is 25.7. The third kappa shape index (κ3) is 7.02. The zero-order valence-corrected chi connectivity index (χ0v) is 21.4. The number of sulfone groups is 1. The van der Waals surface area contributed by atoms with Crippen LogP contribution < -0.4 is 15.4 Å². The first-order valence-corrected chi connectivity index (χ1v) is 13.6. The summed E-state index contributed by atoms with van der Waals surface area (Å²) >= 11 is 3.39. The molecule has 7 nitrogen and oxygen atoms in total. The van der Waals surface area contributed by atoms with Crippen molar-refractivity contribution in [2.24, 2.45) is 5.92 Å². The van der Waals surface area contributed by atoms with E-state index < -0.39 is 34.0 Å². The Kier molecular flexibility index (Phi) is 8.55. The lowest BCUT2D eigenvalue weighted by Crippen LogP contribution is -2.54. The van der Waals surface area contributed by atoms with Crippen molar-refractivity contribution in [3.05, 3.63) is 63.6 Å². The van der Waals surface area contributed by atoms with E-state index >= 15 is 0 Å². The minimum Gasteiger partial charge on any atom is -0.409 e. The lowest BCUT2D eigenvalue weighted by Gasteiger charge is -2.35. The normalized spacial score (nSPS) is 22.2. The van der Waals surface area contributed by atoms with E-state index in [9.17, 15) is 18.3 Å². The highest BCUT2D eigenvalue weighted by Crippen LogP contribution is 2.30. The summed E-state index contributed by atoms with van der Waals surface area (Å²) in [7, 11) is -1.84. The molecule has 33 heavy (non-hydrogen) atoms. The fraction of sp³-hybridized carbons (Fsp3) is 0.458. The van der Waals surface area contributed by atoms with Gasteiger partial charge in [0.25, 0.3) is 0 Å². The maximum Gasteiger partial charge on any atom is 0.412 e. The van der Waals surface area contributed by atoms with Gasteiger partial charge < -0.3 is 20.5 Å². The molecule has 1 saturated heterocycles. The number of hydrogen-bond donors (Lipinski definition) is 3. The Morgan fingerprint density at radius 2 is 1.94 bits per heavy atom. The van der Waals surface area contributed by atoms with E-state index in [1.54, 1.807) is 18.2 Å².